The normalized spacial score (nSPS) is 12.6. The van der Waals surface area contributed by atoms with Crippen molar-refractivity contribution in [3.63, 3.8) is 0 Å². The summed E-state index contributed by atoms with van der Waals surface area (Å²) in [5, 5.41) is 11.2. The van der Waals surface area contributed by atoms with Crippen LogP contribution >= 0.6 is 0 Å². The molecule has 76 valence electrons. The van der Waals surface area contributed by atoms with Gasteiger partial charge in [-0.1, -0.05) is 11.6 Å². The Morgan fingerprint density at radius 1 is 1.21 bits per heavy atom. The number of aryl methyl sites for hydroxylation is 2. The van der Waals surface area contributed by atoms with Crippen molar-refractivity contribution in [3.05, 3.63) is 39.6 Å². The Bertz CT molecular complexity index is 388. The van der Waals surface area contributed by atoms with Crippen LogP contribution < -0.4 is 0 Å². The van der Waals surface area contributed by atoms with Gasteiger partial charge in [-0.2, -0.15) is 0 Å². The summed E-state index contributed by atoms with van der Waals surface area (Å²) in [5.74, 6) is 0. The lowest BCUT2D eigenvalue weighted by molar-refractivity contribution is -0.422. The van der Waals surface area contributed by atoms with Gasteiger partial charge in [0, 0.05) is 12.5 Å². The molecule has 0 spiro atoms. The third-order valence-corrected chi connectivity index (χ3v) is 2.67. The molecule has 0 atom stereocenters. The van der Waals surface area contributed by atoms with E-state index in [4.69, 9.17) is 0 Å². The van der Waals surface area contributed by atoms with Crippen molar-refractivity contribution in [2.45, 2.75) is 27.7 Å². The van der Waals surface area contributed by atoms with Gasteiger partial charge in [0.25, 0.3) is 0 Å². The van der Waals surface area contributed by atoms with Crippen molar-refractivity contribution in [1.29, 1.82) is 0 Å². The van der Waals surface area contributed by atoms with E-state index in [-0.39, 0.29) is 0 Å². The molecule has 0 unspecified atom stereocenters. The summed E-state index contributed by atoms with van der Waals surface area (Å²) in [5.41, 5.74) is 5.45. The first kappa shape index (κ1) is 10.8. The fraction of sp³-hybridized carbons (Fsp3) is 0.417. The topological polar surface area (TPSA) is 26.1 Å². The number of rotatable bonds is 1. The van der Waals surface area contributed by atoms with E-state index in [1.807, 2.05) is 13.8 Å². The maximum absolute atomic E-state index is 11.2. The van der Waals surface area contributed by atoms with E-state index < -0.39 is 0 Å². The Morgan fingerprint density at radius 3 is 2.29 bits per heavy atom. The molecule has 0 aromatic heterocycles. The molecule has 0 amide bonds. The van der Waals surface area contributed by atoms with Crippen LogP contribution in [-0.2, 0) is 0 Å². The fourth-order valence-electron chi connectivity index (χ4n) is 1.59. The van der Waals surface area contributed by atoms with Crippen molar-refractivity contribution in [2.24, 2.45) is 0 Å². The second-order valence-corrected chi connectivity index (χ2v) is 3.84. The number of hydroxylamine groups is 1. The zero-order valence-electron chi connectivity index (χ0n) is 9.51. The Balaban J connectivity index is 3.42. The first-order valence-electron chi connectivity index (χ1n) is 4.76. The standard InChI is InChI=1S/C12H17NO/c1-8-6-9(2)10(3)12(7-8)11(4)13(5)14/h6-7H,1-5H3/b13-11-. The molecule has 0 fully saturated rings. The van der Waals surface area contributed by atoms with Crippen LogP contribution in [0.15, 0.2) is 12.1 Å². The minimum atomic E-state index is 0.773. The highest BCUT2D eigenvalue weighted by atomic mass is 16.5. The van der Waals surface area contributed by atoms with E-state index >= 15 is 0 Å². The average Bonchev–Trinajstić information content (AvgIpc) is 2.09. The van der Waals surface area contributed by atoms with Crippen molar-refractivity contribution in [3.8, 4) is 0 Å². The molecule has 0 aliphatic rings. The van der Waals surface area contributed by atoms with Gasteiger partial charge >= 0.3 is 0 Å². The highest BCUT2D eigenvalue weighted by molar-refractivity contribution is 5.96. The van der Waals surface area contributed by atoms with Crippen LogP contribution in [0.1, 0.15) is 29.2 Å². The second kappa shape index (κ2) is 3.82. The molecule has 1 aromatic carbocycles. The van der Waals surface area contributed by atoms with Gasteiger partial charge in [-0.25, -0.2) is 4.74 Å². The summed E-state index contributed by atoms with van der Waals surface area (Å²) in [4.78, 5) is 0. The van der Waals surface area contributed by atoms with Crippen LogP contribution in [-0.4, -0.2) is 17.5 Å². The number of benzene rings is 1. The summed E-state index contributed by atoms with van der Waals surface area (Å²) < 4.78 is 0.918. The molecule has 0 N–H and O–H groups in total. The highest BCUT2D eigenvalue weighted by Gasteiger charge is 2.10. The maximum Gasteiger partial charge on any atom is 0.191 e. The predicted octanol–water partition coefficient (Wildman–Crippen LogP) is 2.56. The molecular formula is C12H17NO. The summed E-state index contributed by atoms with van der Waals surface area (Å²) in [6.07, 6.45) is 0. The van der Waals surface area contributed by atoms with Gasteiger partial charge < -0.3 is 5.21 Å². The van der Waals surface area contributed by atoms with Gasteiger partial charge in [-0.3, -0.25) is 0 Å². The Morgan fingerprint density at radius 2 is 1.79 bits per heavy atom. The van der Waals surface area contributed by atoms with Crippen LogP contribution in [0.5, 0.6) is 0 Å². The molecule has 0 heterocycles. The minimum absolute atomic E-state index is 0.773. The molecule has 0 radical (unpaired) electrons. The first-order valence-corrected chi connectivity index (χ1v) is 4.76. The van der Waals surface area contributed by atoms with E-state index in [0.29, 0.717) is 0 Å². The SMILES string of the molecule is C/C(c1cc(C)cc(C)c1C)=[N+](\C)[O-]. The van der Waals surface area contributed by atoms with E-state index in [1.165, 1.54) is 23.7 Å². The smallest absolute Gasteiger partial charge is 0.191 e. The van der Waals surface area contributed by atoms with Crippen LogP contribution in [0, 0.1) is 26.0 Å². The van der Waals surface area contributed by atoms with Gasteiger partial charge in [0.15, 0.2) is 5.71 Å². The monoisotopic (exact) mass is 191 g/mol. The number of hydrogen-bond acceptors (Lipinski definition) is 1. The number of hydrogen-bond donors (Lipinski definition) is 0. The van der Waals surface area contributed by atoms with Crippen molar-refractivity contribution in [2.75, 3.05) is 7.05 Å². The van der Waals surface area contributed by atoms with E-state index in [0.717, 1.165) is 16.0 Å². The van der Waals surface area contributed by atoms with Crippen molar-refractivity contribution < 1.29 is 4.74 Å². The second-order valence-electron chi connectivity index (χ2n) is 3.84. The summed E-state index contributed by atoms with van der Waals surface area (Å²) in [6, 6.07) is 4.20. The Labute approximate surface area is 85.5 Å². The molecule has 1 aromatic rings. The van der Waals surface area contributed by atoms with E-state index in [1.54, 1.807) is 0 Å². The molecule has 2 nitrogen and oxygen atoms in total. The lowest BCUT2D eigenvalue weighted by Gasteiger charge is -2.10. The molecule has 0 aliphatic heterocycles. The zero-order chi connectivity index (χ0) is 10.9. The summed E-state index contributed by atoms with van der Waals surface area (Å²) >= 11 is 0. The van der Waals surface area contributed by atoms with Crippen LogP contribution in [0.2, 0.25) is 0 Å². The lowest BCUT2D eigenvalue weighted by atomic mass is 9.97. The summed E-state index contributed by atoms with van der Waals surface area (Å²) in [6.45, 7) is 8.03. The van der Waals surface area contributed by atoms with Gasteiger partial charge in [-0.15, -0.1) is 0 Å². The third-order valence-electron chi connectivity index (χ3n) is 2.67. The minimum Gasteiger partial charge on any atom is -0.624 e. The van der Waals surface area contributed by atoms with Gasteiger partial charge in [0.1, 0.15) is 7.05 Å². The Hall–Kier alpha value is -1.31. The van der Waals surface area contributed by atoms with Crippen molar-refractivity contribution >= 4 is 5.71 Å². The quantitative estimate of drug-likeness (QED) is 0.290. The molecule has 1 rings (SSSR count). The average molecular weight is 191 g/mol. The van der Waals surface area contributed by atoms with E-state index in [2.05, 4.69) is 26.0 Å². The number of nitrogens with zero attached hydrogens (tertiary/aromatic N) is 1. The molecule has 2 heteroatoms. The van der Waals surface area contributed by atoms with Gasteiger partial charge in [-0.05, 0) is 38.0 Å². The van der Waals surface area contributed by atoms with Crippen LogP contribution in [0.4, 0.5) is 0 Å². The van der Waals surface area contributed by atoms with Gasteiger partial charge in [0.05, 0.1) is 0 Å². The van der Waals surface area contributed by atoms with Crippen LogP contribution in [0.25, 0.3) is 0 Å². The van der Waals surface area contributed by atoms with E-state index in [9.17, 15) is 5.21 Å². The molecule has 14 heavy (non-hydrogen) atoms. The first-order chi connectivity index (χ1) is 6.43. The molecule has 0 aliphatic carbocycles. The predicted molar refractivity (Wildman–Crippen MR) is 60.0 cm³/mol. The molecule has 0 saturated carbocycles. The highest BCUT2D eigenvalue weighted by Crippen LogP contribution is 2.16. The Kier molecular flexibility index (Phi) is 2.94. The lowest BCUT2D eigenvalue weighted by Crippen LogP contribution is -2.11. The third kappa shape index (κ3) is 1.95. The molecule has 0 saturated heterocycles. The maximum atomic E-state index is 11.2. The molecule has 0 bridgehead atoms. The van der Waals surface area contributed by atoms with Crippen molar-refractivity contribution in [1.82, 2.24) is 0 Å². The largest absolute Gasteiger partial charge is 0.624 e. The fourth-order valence-corrected chi connectivity index (χ4v) is 1.59. The van der Waals surface area contributed by atoms with Gasteiger partial charge in [0.2, 0.25) is 0 Å². The molecular weight excluding hydrogens is 174 g/mol. The van der Waals surface area contributed by atoms with Crippen LogP contribution in [0.3, 0.4) is 0 Å². The zero-order valence-corrected chi connectivity index (χ0v) is 9.51. The summed E-state index contributed by atoms with van der Waals surface area (Å²) in [7, 11) is 1.53.